The van der Waals surface area contributed by atoms with E-state index in [0.29, 0.717) is 35.1 Å². The van der Waals surface area contributed by atoms with Crippen LogP contribution in [0.4, 0.5) is 27.7 Å². The van der Waals surface area contributed by atoms with Gasteiger partial charge < -0.3 is 20.3 Å². The summed E-state index contributed by atoms with van der Waals surface area (Å²) in [6.45, 7) is 7.79. The van der Waals surface area contributed by atoms with Crippen LogP contribution in [-0.2, 0) is 0 Å². The number of fused-ring (bicyclic) bond motifs is 1. The number of ether oxygens (including phenoxy) is 1. The van der Waals surface area contributed by atoms with Gasteiger partial charge in [0.1, 0.15) is 24.0 Å². The third kappa shape index (κ3) is 5.12. The number of H-pyrrole nitrogens is 1. The first kappa shape index (κ1) is 21.5. The first-order valence-corrected chi connectivity index (χ1v) is 10.6. The van der Waals surface area contributed by atoms with Gasteiger partial charge in [0.15, 0.2) is 5.82 Å². The Morgan fingerprint density at radius 1 is 1.06 bits per heavy atom. The molecule has 0 atom stereocenters. The van der Waals surface area contributed by atoms with Gasteiger partial charge in [0.05, 0.1) is 10.9 Å². The molecular formula is C23H26FN7O. The van der Waals surface area contributed by atoms with Crippen molar-refractivity contribution in [1.29, 1.82) is 0 Å². The van der Waals surface area contributed by atoms with Crippen LogP contribution in [0.15, 0.2) is 54.7 Å². The minimum Gasteiger partial charge on any atom is -0.492 e. The number of halogens is 1. The Balaban J connectivity index is 1.43. The van der Waals surface area contributed by atoms with E-state index in [-0.39, 0.29) is 5.82 Å². The third-order valence-corrected chi connectivity index (χ3v) is 5.10. The molecule has 0 bridgehead atoms. The SMILES string of the molecule is CCN(CC)CCOc1cccc(Nc2nccc(Nc3n[nH]c4cccc(F)c34)n2)c1. The molecule has 4 aromatic rings. The van der Waals surface area contributed by atoms with Crippen LogP contribution in [0.1, 0.15) is 13.8 Å². The first-order valence-electron chi connectivity index (χ1n) is 10.6. The number of benzene rings is 2. The summed E-state index contributed by atoms with van der Waals surface area (Å²) < 4.78 is 20.1. The Labute approximate surface area is 185 Å². The average molecular weight is 436 g/mol. The number of aromatic nitrogens is 4. The van der Waals surface area contributed by atoms with Crippen molar-refractivity contribution in [2.45, 2.75) is 13.8 Å². The maximum Gasteiger partial charge on any atom is 0.229 e. The second kappa shape index (κ2) is 10.1. The molecule has 0 amide bonds. The molecule has 0 radical (unpaired) electrons. The van der Waals surface area contributed by atoms with Crippen LogP contribution in [0.25, 0.3) is 10.9 Å². The van der Waals surface area contributed by atoms with Crippen molar-refractivity contribution < 1.29 is 9.13 Å². The van der Waals surface area contributed by atoms with Gasteiger partial charge in [-0.2, -0.15) is 10.1 Å². The summed E-state index contributed by atoms with van der Waals surface area (Å²) in [5, 5.41) is 13.6. The van der Waals surface area contributed by atoms with Crippen LogP contribution in [0.5, 0.6) is 5.75 Å². The van der Waals surface area contributed by atoms with Crippen LogP contribution in [0, 0.1) is 5.82 Å². The van der Waals surface area contributed by atoms with Crippen LogP contribution in [0.3, 0.4) is 0 Å². The predicted octanol–water partition coefficient (Wildman–Crippen LogP) is 4.70. The summed E-state index contributed by atoms with van der Waals surface area (Å²) in [5.74, 6) is 1.67. The van der Waals surface area contributed by atoms with E-state index in [1.54, 1.807) is 24.4 Å². The molecule has 0 aliphatic heterocycles. The monoisotopic (exact) mass is 435 g/mol. The van der Waals surface area contributed by atoms with E-state index in [9.17, 15) is 4.39 Å². The Morgan fingerprint density at radius 3 is 2.75 bits per heavy atom. The number of hydrogen-bond donors (Lipinski definition) is 3. The van der Waals surface area contributed by atoms with Crippen LogP contribution >= 0.6 is 0 Å². The molecule has 9 heteroatoms. The van der Waals surface area contributed by atoms with Gasteiger partial charge in [-0.1, -0.05) is 26.0 Å². The van der Waals surface area contributed by atoms with E-state index in [0.717, 1.165) is 31.1 Å². The van der Waals surface area contributed by atoms with Crippen molar-refractivity contribution in [2.75, 3.05) is 36.9 Å². The second-order valence-electron chi connectivity index (χ2n) is 7.15. The summed E-state index contributed by atoms with van der Waals surface area (Å²) in [7, 11) is 0. The van der Waals surface area contributed by atoms with E-state index in [1.807, 2.05) is 24.3 Å². The lowest BCUT2D eigenvalue weighted by Gasteiger charge is -2.18. The zero-order valence-corrected chi connectivity index (χ0v) is 18.1. The molecule has 0 saturated carbocycles. The lowest BCUT2D eigenvalue weighted by Crippen LogP contribution is -2.27. The van der Waals surface area contributed by atoms with Crippen LogP contribution < -0.4 is 15.4 Å². The summed E-state index contributed by atoms with van der Waals surface area (Å²) >= 11 is 0. The van der Waals surface area contributed by atoms with Crippen LogP contribution in [-0.4, -0.2) is 51.3 Å². The Morgan fingerprint density at radius 2 is 1.91 bits per heavy atom. The molecule has 2 aromatic carbocycles. The Hall–Kier alpha value is -3.72. The molecule has 0 aliphatic rings. The van der Waals surface area contributed by atoms with E-state index in [2.05, 4.69) is 49.5 Å². The van der Waals surface area contributed by atoms with Crippen molar-refractivity contribution in [3.63, 3.8) is 0 Å². The number of anilines is 4. The van der Waals surface area contributed by atoms with Gasteiger partial charge in [0.2, 0.25) is 5.95 Å². The molecule has 0 spiro atoms. The Bertz CT molecular complexity index is 1180. The summed E-state index contributed by atoms with van der Waals surface area (Å²) in [6, 6.07) is 14.1. The first-order chi connectivity index (χ1) is 15.7. The third-order valence-electron chi connectivity index (χ3n) is 5.10. The van der Waals surface area contributed by atoms with Crippen molar-refractivity contribution in [3.8, 4) is 5.75 Å². The molecule has 166 valence electrons. The molecule has 32 heavy (non-hydrogen) atoms. The zero-order valence-electron chi connectivity index (χ0n) is 18.1. The zero-order chi connectivity index (χ0) is 22.3. The topological polar surface area (TPSA) is 91.0 Å². The fourth-order valence-electron chi connectivity index (χ4n) is 3.36. The molecule has 0 saturated heterocycles. The fourth-order valence-corrected chi connectivity index (χ4v) is 3.36. The number of hydrogen-bond acceptors (Lipinski definition) is 7. The summed E-state index contributed by atoms with van der Waals surface area (Å²) in [5.41, 5.74) is 1.41. The molecule has 2 aromatic heterocycles. The summed E-state index contributed by atoms with van der Waals surface area (Å²) in [6.07, 6.45) is 1.62. The minimum atomic E-state index is -0.357. The fraction of sp³-hybridized carbons (Fsp3) is 0.261. The van der Waals surface area contributed by atoms with Gasteiger partial charge in [-0.3, -0.25) is 5.10 Å². The van der Waals surface area contributed by atoms with Crippen molar-refractivity contribution >= 4 is 34.2 Å². The minimum absolute atomic E-state index is 0.357. The number of rotatable bonds is 10. The molecule has 0 unspecified atom stereocenters. The molecule has 4 rings (SSSR count). The highest BCUT2D eigenvalue weighted by atomic mass is 19.1. The highest BCUT2D eigenvalue weighted by Crippen LogP contribution is 2.26. The van der Waals surface area contributed by atoms with Gasteiger partial charge in [0, 0.05) is 24.5 Å². The maximum absolute atomic E-state index is 14.2. The van der Waals surface area contributed by atoms with Crippen molar-refractivity contribution in [3.05, 3.63) is 60.5 Å². The molecule has 8 nitrogen and oxygen atoms in total. The van der Waals surface area contributed by atoms with E-state index in [1.165, 1.54) is 6.07 Å². The van der Waals surface area contributed by atoms with Gasteiger partial charge in [-0.25, -0.2) is 9.37 Å². The number of likely N-dealkylation sites (N-methyl/N-ethyl adjacent to an activating group) is 1. The van der Waals surface area contributed by atoms with Gasteiger partial charge in [0.25, 0.3) is 0 Å². The summed E-state index contributed by atoms with van der Waals surface area (Å²) in [4.78, 5) is 11.0. The van der Waals surface area contributed by atoms with Crippen molar-refractivity contribution in [2.24, 2.45) is 0 Å². The molecule has 0 fully saturated rings. The molecule has 3 N–H and O–H groups in total. The highest BCUT2D eigenvalue weighted by Gasteiger charge is 2.11. The number of nitrogens with one attached hydrogen (secondary N) is 3. The Kier molecular flexibility index (Phi) is 6.76. The molecular weight excluding hydrogens is 409 g/mol. The van der Waals surface area contributed by atoms with Gasteiger partial charge >= 0.3 is 0 Å². The second-order valence-corrected chi connectivity index (χ2v) is 7.15. The van der Waals surface area contributed by atoms with E-state index < -0.39 is 0 Å². The van der Waals surface area contributed by atoms with Gasteiger partial charge in [-0.05, 0) is 43.4 Å². The highest BCUT2D eigenvalue weighted by molar-refractivity contribution is 5.91. The largest absolute Gasteiger partial charge is 0.492 e. The van der Waals surface area contributed by atoms with Gasteiger partial charge in [-0.15, -0.1) is 0 Å². The molecule has 0 aliphatic carbocycles. The lowest BCUT2D eigenvalue weighted by atomic mass is 10.2. The standard InChI is InChI=1S/C23H26FN7O/c1-3-31(4-2)13-14-32-17-8-5-7-16(15-17)26-23-25-12-11-20(28-23)27-22-21-18(24)9-6-10-19(21)29-30-22/h5-12,15H,3-4,13-14H2,1-2H3,(H3,25,26,27,28,29,30). The van der Waals surface area contributed by atoms with E-state index in [4.69, 9.17) is 4.74 Å². The van der Waals surface area contributed by atoms with Crippen molar-refractivity contribution in [1.82, 2.24) is 25.1 Å². The van der Waals surface area contributed by atoms with E-state index >= 15 is 0 Å². The quantitative estimate of drug-likeness (QED) is 0.333. The smallest absolute Gasteiger partial charge is 0.229 e. The molecule has 2 heterocycles. The normalized spacial score (nSPS) is 11.1. The number of nitrogens with zero attached hydrogens (tertiary/aromatic N) is 4. The average Bonchev–Trinajstić information content (AvgIpc) is 3.21. The van der Waals surface area contributed by atoms with Crippen LogP contribution in [0.2, 0.25) is 0 Å². The number of aromatic amines is 1. The lowest BCUT2D eigenvalue weighted by molar-refractivity contribution is 0.223. The maximum atomic E-state index is 14.2. The predicted molar refractivity (Wildman–Crippen MR) is 124 cm³/mol.